The van der Waals surface area contributed by atoms with E-state index in [1.807, 2.05) is 0 Å². The Bertz CT molecular complexity index is 601. The Kier molecular flexibility index (Phi) is 29.3. The van der Waals surface area contributed by atoms with Crippen LogP contribution in [-0.2, 0) is 0 Å². The Morgan fingerprint density at radius 1 is 0.167 bits per heavy atom. The number of nitrogens with zero attached hydrogens (tertiary/aromatic N) is 4. The number of unbranched alkanes of at least 4 members (excludes halogenated alkanes) is 15. The van der Waals surface area contributed by atoms with Crippen molar-refractivity contribution in [3.63, 3.8) is 0 Å². The molecule has 0 radical (unpaired) electrons. The topological polar surface area (TPSA) is 0 Å². The molecule has 0 aliphatic carbocycles. The maximum Gasteiger partial charge on any atom is 0.0786 e. The number of hydrogen-bond donors (Lipinski definition) is 0. The lowest BCUT2D eigenvalue weighted by atomic mass is 10.1. The van der Waals surface area contributed by atoms with Crippen molar-refractivity contribution >= 4 is 0 Å². The van der Waals surface area contributed by atoms with Crippen LogP contribution in [0.25, 0.3) is 0 Å². The molecule has 290 valence electrons. The molecule has 0 saturated heterocycles. The maximum atomic E-state index is 2.45. The lowest BCUT2D eigenvalue weighted by Crippen LogP contribution is -2.49. The summed E-state index contributed by atoms with van der Waals surface area (Å²) in [5.74, 6) is 0. The molecule has 0 fully saturated rings. The highest BCUT2D eigenvalue weighted by molar-refractivity contribution is 4.53. The molecule has 0 atom stereocenters. The Labute approximate surface area is 306 Å². The minimum Gasteiger partial charge on any atom is -0.324 e. The number of quaternary nitrogens is 4. The van der Waals surface area contributed by atoms with Gasteiger partial charge in [0.1, 0.15) is 0 Å². The molecule has 48 heavy (non-hydrogen) atoms. The minimum atomic E-state index is 1.30. The van der Waals surface area contributed by atoms with Crippen LogP contribution in [0.2, 0.25) is 0 Å². The van der Waals surface area contributed by atoms with Gasteiger partial charge in [-0.2, -0.15) is 0 Å². The fraction of sp³-hybridized carbons (Fsp3) is 1.00. The monoisotopic (exact) mass is 683 g/mol. The summed E-state index contributed by atoms with van der Waals surface area (Å²) in [5, 5.41) is 0. The van der Waals surface area contributed by atoms with E-state index < -0.39 is 0 Å². The van der Waals surface area contributed by atoms with E-state index in [0.717, 1.165) is 0 Å². The van der Waals surface area contributed by atoms with Gasteiger partial charge in [-0.25, -0.2) is 0 Å². The van der Waals surface area contributed by atoms with E-state index >= 15 is 0 Å². The lowest BCUT2D eigenvalue weighted by Gasteiger charge is -2.37. The summed E-state index contributed by atoms with van der Waals surface area (Å²) in [6, 6.07) is 0. The average molecular weight is 683 g/mol. The van der Waals surface area contributed by atoms with E-state index in [-0.39, 0.29) is 0 Å². The van der Waals surface area contributed by atoms with Crippen molar-refractivity contribution in [1.29, 1.82) is 0 Å². The van der Waals surface area contributed by atoms with E-state index in [9.17, 15) is 0 Å². The molecule has 0 amide bonds. The Morgan fingerprint density at radius 3 is 0.438 bits per heavy atom. The summed E-state index contributed by atoms with van der Waals surface area (Å²) >= 11 is 0. The van der Waals surface area contributed by atoms with Gasteiger partial charge in [0.15, 0.2) is 0 Å². The SMILES string of the molecule is CC[N+](CC)(CC)CCCCCCCC[N+](CC)(CC)CCCCCCCC[N+](CC)(CC)CCCCCCCC[N+](CC)(CC)CC. The fourth-order valence-electron chi connectivity index (χ4n) is 9.03. The molecule has 0 aromatic carbocycles. The third-order valence-electron chi connectivity index (χ3n) is 14.3. The van der Waals surface area contributed by atoms with E-state index in [1.165, 1.54) is 238 Å². The molecule has 0 saturated carbocycles. The first kappa shape index (κ1) is 47.8. The number of hydrogen-bond acceptors (Lipinski definition) is 0. The van der Waals surface area contributed by atoms with Crippen molar-refractivity contribution in [3.8, 4) is 0 Å². The van der Waals surface area contributed by atoms with Gasteiger partial charge in [-0.3, -0.25) is 0 Å². The van der Waals surface area contributed by atoms with Crippen LogP contribution in [0.1, 0.15) is 185 Å². The van der Waals surface area contributed by atoms with Crippen molar-refractivity contribution < 1.29 is 17.9 Å². The van der Waals surface area contributed by atoms with Crippen LogP contribution < -0.4 is 0 Å². The van der Waals surface area contributed by atoms with Gasteiger partial charge < -0.3 is 17.9 Å². The summed E-state index contributed by atoms with van der Waals surface area (Å²) in [4.78, 5) is 0. The van der Waals surface area contributed by atoms with Crippen LogP contribution >= 0.6 is 0 Å². The highest BCUT2D eigenvalue weighted by atomic mass is 15.4. The smallest absolute Gasteiger partial charge is 0.0786 e. The second-order valence-corrected chi connectivity index (χ2v) is 16.2. The van der Waals surface area contributed by atoms with Gasteiger partial charge in [-0.15, -0.1) is 0 Å². The Hall–Kier alpha value is -0.160. The van der Waals surface area contributed by atoms with Gasteiger partial charge in [0.05, 0.1) is 105 Å². The first-order chi connectivity index (χ1) is 23.2. The molecular formula is C44H98N4+4. The zero-order chi connectivity index (χ0) is 36.0. The highest BCUT2D eigenvalue weighted by Crippen LogP contribution is 2.19. The molecule has 4 heteroatoms. The molecule has 0 aromatic rings. The van der Waals surface area contributed by atoms with Crippen molar-refractivity contribution in [2.24, 2.45) is 0 Å². The molecule has 0 aromatic heterocycles. The largest absolute Gasteiger partial charge is 0.324 e. The molecule has 4 nitrogen and oxygen atoms in total. The average Bonchev–Trinajstić information content (AvgIpc) is 3.13. The highest BCUT2D eigenvalue weighted by Gasteiger charge is 2.24. The van der Waals surface area contributed by atoms with Gasteiger partial charge in [0, 0.05) is 0 Å². The maximum absolute atomic E-state index is 2.45. The van der Waals surface area contributed by atoms with Gasteiger partial charge in [0.2, 0.25) is 0 Å². The quantitative estimate of drug-likeness (QED) is 0.0452. The summed E-state index contributed by atoms with van der Waals surface area (Å²) in [5.41, 5.74) is 0. The second-order valence-electron chi connectivity index (χ2n) is 16.2. The van der Waals surface area contributed by atoms with Crippen LogP contribution in [0.5, 0.6) is 0 Å². The first-order valence-corrected chi connectivity index (χ1v) is 22.6. The van der Waals surface area contributed by atoms with Crippen LogP contribution in [0.4, 0.5) is 0 Å². The summed E-state index contributed by atoms with van der Waals surface area (Å²) in [6.07, 6.45) is 26.0. The zero-order valence-corrected chi connectivity index (χ0v) is 35.8. The summed E-state index contributed by atoms with van der Waals surface area (Å²) in [7, 11) is 0. The molecule has 0 aliphatic rings. The minimum absolute atomic E-state index is 1.30. The molecule has 0 aliphatic heterocycles. The Morgan fingerprint density at radius 2 is 0.292 bits per heavy atom. The van der Waals surface area contributed by atoms with Gasteiger partial charge >= 0.3 is 0 Å². The Balaban J connectivity index is 4.10. The van der Waals surface area contributed by atoms with Crippen molar-refractivity contribution in [2.75, 3.05) is 105 Å². The van der Waals surface area contributed by atoms with Crippen molar-refractivity contribution in [1.82, 2.24) is 0 Å². The van der Waals surface area contributed by atoms with Crippen molar-refractivity contribution in [2.45, 2.75) is 185 Å². The van der Waals surface area contributed by atoms with Crippen LogP contribution in [-0.4, -0.2) is 123 Å². The van der Waals surface area contributed by atoms with Crippen LogP contribution in [0.3, 0.4) is 0 Å². The van der Waals surface area contributed by atoms with E-state index in [2.05, 4.69) is 69.2 Å². The molecule has 0 heterocycles. The van der Waals surface area contributed by atoms with Crippen LogP contribution in [0.15, 0.2) is 0 Å². The fourth-order valence-corrected chi connectivity index (χ4v) is 9.03. The van der Waals surface area contributed by atoms with Gasteiger partial charge in [0.25, 0.3) is 0 Å². The third-order valence-corrected chi connectivity index (χ3v) is 14.3. The predicted octanol–water partition coefficient (Wildman–Crippen LogP) is 11.5. The standard InChI is InChI=1S/C44H98N4/c1-11-45(12-2,13-3)39-33-27-21-23-29-35-41-47(17-7,18-8)43-37-31-25-26-32-38-44-48(19-9,20-10)42-36-30-24-22-28-34-40-46(14-4,15-5)16-6/h11-44H2,1-10H3/q+4. The zero-order valence-electron chi connectivity index (χ0n) is 35.8. The van der Waals surface area contributed by atoms with E-state index in [4.69, 9.17) is 0 Å². The van der Waals surface area contributed by atoms with Crippen molar-refractivity contribution in [3.05, 3.63) is 0 Å². The van der Waals surface area contributed by atoms with Crippen LogP contribution in [0, 0.1) is 0 Å². The molecule has 0 bridgehead atoms. The first-order valence-electron chi connectivity index (χ1n) is 22.6. The van der Waals surface area contributed by atoms with Gasteiger partial charge in [-0.1, -0.05) is 38.5 Å². The second kappa shape index (κ2) is 29.4. The normalized spacial score (nSPS) is 13.1. The molecule has 0 rings (SSSR count). The lowest BCUT2D eigenvalue weighted by molar-refractivity contribution is -0.925. The molecule has 0 unspecified atom stereocenters. The summed E-state index contributed by atoms with van der Waals surface area (Å²) < 4.78 is 5.38. The predicted molar refractivity (Wildman–Crippen MR) is 219 cm³/mol. The van der Waals surface area contributed by atoms with E-state index in [1.54, 1.807) is 0 Å². The molecular weight excluding hydrogens is 585 g/mol. The molecule has 0 N–H and O–H groups in total. The molecule has 0 spiro atoms. The van der Waals surface area contributed by atoms with E-state index in [0.29, 0.717) is 0 Å². The number of rotatable bonds is 37. The summed E-state index contributed by atoms with van der Waals surface area (Å²) in [6.45, 7) is 45.6. The third kappa shape index (κ3) is 19.4. The van der Waals surface area contributed by atoms with Gasteiger partial charge in [-0.05, 0) is 146 Å².